The maximum atomic E-state index is 5.42. The Morgan fingerprint density at radius 1 is 1.09 bits per heavy atom. The average molecular weight is 322 g/mol. The topological polar surface area (TPSA) is 65.6 Å². The van der Waals surface area contributed by atoms with Gasteiger partial charge in [0.05, 0.1) is 13.2 Å². The van der Waals surface area contributed by atoms with Crippen LogP contribution in [0.1, 0.15) is 12.8 Å². The fraction of sp³-hybridized carbons (Fsp3) is 0.643. The van der Waals surface area contributed by atoms with E-state index in [1.165, 1.54) is 12.8 Å². The van der Waals surface area contributed by atoms with Gasteiger partial charge in [-0.05, 0) is 25.1 Å². The lowest BCUT2D eigenvalue weighted by atomic mass is 10.4. The minimum atomic E-state index is 0.520. The predicted molar refractivity (Wildman–Crippen MR) is 91.8 cm³/mol. The molecule has 3 rings (SSSR count). The highest BCUT2D eigenvalue weighted by Crippen LogP contribution is 2.24. The number of morpholine rings is 1. The van der Waals surface area contributed by atoms with E-state index in [2.05, 4.69) is 36.5 Å². The van der Waals surface area contributed by atoms with E-state index < -0.39 is 0 Å². The van der Waals surface area contributed by atoms with Crippen molar-refractivity contribution in [3.63, 3.8) is 0 Å². The third-order valence-electron chi connectivity index (χ3n) is 3.92. The Balaban J connectivity index is 1.87. The molecule has 120 valence electrons. The fourth-order valence-corrected chi connectivity index (χ4v) is 2.80. The number of ether oxygens (including phenoxy) is 1. The molecule has 22 heavy (non-hydrogen) atoms. The molecule has 0 spiro atoms. The number of nitrogens with one attached hydrogen (secondary N) is 2. The van der Waals surface area contributed by atoms with Crippen LogP contribution < -0.4 is 20.4 Å². The largest absolute Gasteiger partial charge is 0.378 e. The van der Waals surface area contributed by atoms with Gasteiger partial charge < -0.3 is 25.2 Å². The van der Waals surface area contributed by atoms with Gasteiger partial charge in [0.25, 0.3) is 0 Å². The standard InChI is InChI=1S/C14H22N6OS/c1-15-14(22)18-13-16-11(19-4-2-3-5-19)10-12(17-13)20-6-8-21-9-7-20/h10H,2-9H2,1H3,(H2,15,16,17,18,22). The maximum absolute atomic E-state index is 5.42. The number of anilines is 3. The summed E-state index contributed by atoms with van der Waals surface area (Å²) in [5.74, 6) is 2.45. The molecule has 0 amide bonds. The molecular weight excluding hydrogens is 300 g/mol. The summed E-state index contributed by atoms with van der Waals surface area (Å²) < 4.78 is 5.42. The summed E-state index contributed by atoms with van der Waals surface area (Å²) >= 11 is 5.17. The molecule has 8 heteroatoms. The molecule has 2 fully saturated rings. The van der Waals surface area contributed by atoms with Crippen molar-refractivity contribution in [2.45, 2.75) is 12.8 Å². The molecular formula is C14H22N6OS. The fourth-order valence-electron chi connectivity index (χ4n) is 2.70. The first kappa shape index (κ1) is 15.2. The maximum Gasteiger partial charge on any atom is 0.232 e. The van der Waals surface area contributed by atoms with Gasteiger partial charge in [0.15, 0.2) is 5.11 Å². The summed E-state index contributed by atoms with van der Waals surface area (Å²) in [4.78, 5) is 13.8. The summed E-state index contributed by atoms with van der Waals surface area (Å²) in [7, 11) is 1.78. The second-order valence-electron chi connectivity index (χ2n) is 5.41. The molecule has 0 aliphatic carbocycles. The lowest BCUT2D eigenvalue weighted by Crippen LogP contribution is -2.37. The van der Waals surface area contributed by atoms with Crippen LogP contribution in [0.25, 0.3) is 0 Å². The van der Waals surface area contributed by atoms with Crippen molar-refractivity contribution in [2.24, 2.45) is 0 Å². The highest BCUT2D eigenvalue weighted by Gasteiger charge is 2.19. The molecule has 0 unspecified atom stereocenters. The lowest BCUT2D eigenvalue weighted by molar-refractivity contribution is 0.122. The zero-order valence-electron chi connectivity index (χ0n) is 12.8. The Morgan fingerprint density at radius 2 is 1.68 bits per heavy atom. The van der Waals surface area contributed by atoms with E-state index in [0.717, 1.165) is 51.0 Å². The van der Waals surface area contributed by atoms with Gasteiger partial charge >= 0.3 is 0 Å². The van der Waals surface area contributed by atoms with Crippen LogP contribution in [0.5, 0.6) is 0 Å². The van der Waals surface area contributed by atoms with Gasteiger partial charge in [0, 0.05) is 39.3 Å². The Kier molecular flexibility index (Phi) is 4.89. The number of hydrogen-bond acceptors (Lipinski definition) is 6. The number of thiocarbonyl (C=S) groups is 1. The van der Waals surface area contributed by atoms with Crippen molar-refractivity contribution < 1.29 is 4.74 Å². The molecule has 0 atom stereocenters. The Labute approximate surface area is 136 Å². The third kappa shape index (κ3) is 3.56. The van der Waals surface area contributed by atoms with Gasteiger partial charge in [-0.2, -0.15) is 9.97 Å². The van der Waals surface area contributed by atoms with E-state index in [1.807, 2.05) is 0 Å². The van der Waals surface area contributed by atoms with Crippen LogP contribution in [0, 0.1) is 0 Å². The molecule has 2 aliphatic heterocycles. The summed E-state index contributed by atoms with van der Waals surface area (Å²) in [6, 6.07) is 2.07. The van der Waals surface area contributed by atoms with Crippen LogP contribution in [-0.2, 0) is 4.74 Å². The number of nitrogens with zero attached hydrogens (tertiary/aromatic N) is 4. The van der Waals surface area contributed by atoms with Crippen molar-refractivity contribution in [3.8, 4) is 0 Å². The number of aromatic nitrogens is 2. The van der Waals surface area contributed by atoms with Gasteiger partial charge in [0.1, 0.15) is 11.6 Å². The highest BCUT2D eigenvalue weighted by molar-refractivity contribution is 7.80. The molecule has 1 aromatic rings. The van der Waals surface area contributed by atoms with Crippen LogP contribution in [0.15, 0.2) is 6.07 Å². The van der Waals surface area contributed by atoms with Crippen molar-refractivity contribution in [1.82, 2.24) is 15.3 Å². The normalized spacial score (nSPS) is 18.4. The van der Waals surface area contributed by atoms with E-state index >= 15 is 0 Å². The van der Waals surface area contributed by atoms with Crippen molar-refractivity contribution in [1.29, 1.82) is 0 Å². The van der Waals surface area contributed by atoms with Gasteiger partial charge in [-0.3, -0.25) is 0 Å². The first-order valence-electron chi connectivity index (χ1n) is 7.72. The summed E-state index contributed by atoms with van der Waals surface area (Å²) in [6.45, 7) is 5.28. The molecule has 0 aromatic carbocycles. The minimum Gasteiger partial charge on any atom is -0.378 e. The van der Waals surface area contributed by atoms with Crippen LogP contribution in [0.4, 0.5) is 17.6 Å². The van der Waals surface area contributed by atoms with Gasteiger partial charge in [0.2, 0.25) is 5.95 Å². The molecule has 0 saturated carbocycles. The van der Waals surface area contributed by atoms with Crippen LogP contribution in [0.2, 0.25) is 0 Å². The molecule has 2 saturated heterocycles. The molecule has 0 radical (unpaired) electrons. The molecule has 0 bridgehead atoms. The quantitative estimate of drug-likeness (QED) is 0.794. The minimum absolute atomic E-state index is 0.520. The molecule has 3 heterocycles. The van der Waals surface area contributed by atoms with Crippen LogP contribution in [0.3, 0.4) is 0 Å². The van der Waals surface area contributed by atoms with E-state index in [4.69, 9.17) is 17.0 Å². The SMILES string of the molecule is CNC(=S)Nc1nc(N2CCCC2)cc(N2CCOCC2)n1. The first-order valence-corrected chi connectivity index (χ1v) is 8.12. The number of rotatable bonds is 3. The van der Waals surface area contributed by atoms with E-state index in [-0.39, 0.29) is 0 Å². The lowest BCUT2D eigenvalue weighted by Gasteiger charge is -2.29. The van der Waals surface area contributed by atoms with Crippen molar-refractivity contribution in [2.75, 3.05) is 61.6 Å². The monoisotopic (exact) mass is 322 g/mol. The third-order valence-corrected chi connectivity index (χ3v) is 4.22. The van der Waals surface area contributed by atoms with Gasteiger partial charge in [-0.15, -0.1) is 0 Å². The Bertz CT molecular complexity index is 528. The van der Waals surface area contributed by atoms with Gasteiger partial charge in [-0.1, -0.05) is 0 Å². The first-order chi connectivity index (χ1) is 10.8. The molecule has 2 N–H and O–H groups in total. The van der Waals surface area contributed by atoms with Crippen molar-refractivity contribution in [3.05, 3.63) is 6.07 Å². The van der Waals surface area contributed by atoms with Crippen LogP contribution in [-0.4, -0.2) is 61.5 Å². The van der Waals surface area contributed by atoms with E-state index in [0.29, 0.717) is 11.1 Å². The van der Waals surface area contributed by atoms with E-state index in [1.54, 1.807) is 7.05 Å². The number of hydrogen-bond donors (Lipinski definition) is 2. The van der Waals surface area contributed by atoms with Crippen LogP contribution >= 0.6 is 12.2 Å². The Hall–Kier alpha value is -1.67. The predicted octanol–water partition coefficient (Wildman–Crippen LogP) is 0.830. The average Bonchev–Trinajstić information content (AvgIpc) is 3.10. The van der Waals surface area contributed by atoms with Crippen molar-refractivity contribution >= 4 is 34.9 Å². The summed E-state index contributed by atoms with van der Waals surface area (Å²) in [6.07, 6.45) is 2.43. The summed E-state index contributed by atoms with van der Waals surface area (Å²) in [5.41, 5.74) is 0. The molecule has 2 aliphatic rings. The molecule has 7 nitrogen and oxygen atoms in total. The zero-order chi connectivity index (χ0) is 15.4. The second-order valence-corrected chi connectivity index (χ2v) is 5.81. The second kappa shape index (κ2) is 7.06. The Morgan fingerprint density at radius 3 is 2.27 bits per heavy atom. The smallest absolute Gasteiger partial charge is 0.232 e. The summed E-state index contributed by atoms with van der Waals surface area (Å²) in [5, 5.41) is 6.46. The zero-order valence-corrected chi connectivity index (χ0v) is 13.7. The highest BCUT2D eigenvalue weighted by atomic mass is 32.1. The van der Waals surface area contributed by atoms with Gasteiger partial charge in [-0.25, -0.2) is 0 Å². The van der Waals surface area contributed by atoms with E-state index in [9.17, 15) is 0 Å². The molecule has 1 aromatic heterocycles.